The molecule has 0 aliphatic carbocycles. The van der Waals surface area contributed by atoms with E-state index in [0.29, 0.717) is 38.6 Å². The molecule has 3 N–H and O–H groups in total. The minimum atomic E-state index is -1.32. The molecule has 3 heterocycles. The summed E-state index contributed by atoms with van der Waals surface area (Å²) in [5.41, 5.74) is 1.00. The predicted molar refractivity (Wildman–Crippen MR) is 205 cm³/mol. The standard InChI is InChI=1S/C42H70N2O9/c1-9-13-34(46)23-36-19-20-42(49)25-30(5)37(53-42)16-12-21-43-41(48)31(6)39-26-44-40(47)24-38(52-36)28(3)14-10-11-15-35(51-39)18-17-27(2)22-29(4)32(7)50-33(8)45/h9,13,22,27-28,30-32,35-39,49H,10-12,14-21,23-26H2,1-8H3,(H,43,48)(H,44,47)/b13-9+,29-22+. The van der Waals surface area contributed by atoms with Crippen LogP contribution in [0.5, 0.6) is 0 Å². The molecular weight excluding hydrogens is 676 g/mol. The first-order valence-corrected chi connectivity index (χ1v) is 20.4. The van der Waals surface area contributed by atoms with Gasteiger partial charge in [0.05, 0.1) is 42.9 Å². The maximum Gasteiger partial charge on any atom is 0.303 e. The smallest absolute Gasteiger partial charge is 0.303 e. The van der Waals surface area contributed by atoms with Crippen molar-refractivity contribution in [1.82, 2.24) is 10.6 Å². The van der Waals surface area contributed by atoms with E-state index < -0.39 is 30.0 Å². The van der Waals surface area contributed by atoms with Crippen molar-refractivity contribution < 1.29 is 43.2 Å². The summed E-state index contributed by atoms with van der Waals surface area (Å²) in [7, 11) is 0. The highest BCUT2D eigenvalue weighted by molar-refractivity contribution is 5.89. The molecule has 11 atom stereocenters. The Labute approximate surface area is 318 Å². The first-order chi connectivity index (χ1) is 25.1. The number of amides is 2. The fourth-order valence-electron chi connectivity index (χ4n) is 7.97. The number of carbonyl (C=O) groups excluding carboxylic acids is 4. The lowest BCUT2D eigenvalue weighted by molar-refractivity contribution is -0.202. The van der Waals surface area contributed by atoms with Crippen LogP contribution in [-0.2, 0) is 38.1 Å². The van der Waals surface area contributed by atoms with Crippen LogP contribution in [0.15, 0.2) is 23.8 Å². The maximum absolute atomic E-state index is 13.6. The Morgan fingerprint density at radius 2 is 1.66 bits per heavy atom. The zero-order chi connectivity index (χ0) is 39.1. The average molecular weight is 747 g/mol. The van der Waals surface area contributed by atoms with Gasteiger partial charge in [-0.1, -0.05) is 52.7 Å². The Bertz CT molecular complexity index is 1250. The van der Waals surface area contributed by atoms with E-state index in [4.69, 9.17) is 18.9 Å². The van der Waals surface area contributed by atoms with E-state index in [0.717, 1.165) is 44.1 Å². The molecule has 0 spiro atoms. The van der Waals surface area contributed by atoms with Crippen LogP contribution in [0.2, 0.25) is 0 Å². The Hall–Kier alpha value is -2.60. The van der Waals surface area contributed by atoms with Crippen molar-refractivity contribution in [1.29, 1.82) is 0 Å². The number of esters is 1. The number of aliphatic hydroxyl groups is 1. The van der Waals surface area contributed by atoms with Gasteiger partial charge in [0.15, 0.2) is 11.6 Å². The minimum Gasteiger partial charge on any atom is -0.458 e. The third kappa shape index (κ3) is 15.6. The first kappa shape index (κ1) is 44.8. The number of carbonyl (C=O) groups is 4. The summed E-state index contributed by atoms with van der Waals surface area (Å²) >= 11 is 0. The van der Waals surface area contributed by atoms with Crippen LogP contribution in [0, 0.1) is 23.7 Å². The van der Waals surface area contributed by atoms with Crippen LogP contribution in [-0.4, -0.2) is 84.2 Å². The number of fused-ring (bicyclic) bond motifs is 7. The topological polar surface area (TPSA) is 149 Å². The van der Waals surface area contributed by atoms with E-state index in [1.54, 1.807) is 12.2 Å². The molecule has 3 rings (SSSR count). The van der Waals surface area contributed by atoms with Gasteiger partial charge in [-0.15, -0.1) is 0 Å². The van der Waals surface area contributed by atoms with Gasteiger partial charge in [-0.2, -0.15) is 0 Å². The molecule has 0 aromatic carbocycles. The van der Waals surface area contributed by atoms with Crippen LogP contribution in [0.3, 0.4) is 0 Å². The summed E-state index contributed by atoms with van der Waals surface area (Å²) in [6, 6.07) is 0. The van der Waals surface area contributed by atoms with Gasteiger partial charge < -0.3 is 34.7 Å². The largest absolute Gasteiger partial charge is 0.458 e. The van der Waals surface area contributed by atoms with Gasteiger partial charge >= 0.3 is 5.97 Å². The average Bonchev–Trinajstić information content (AvgIpc) is 3.38. The summed E-state index contributed by atoms with van der Waals surface area (Å²) < 4.78 is 25.1. The van der Waals surface area contributed by atoms with Crippen LogP contribution in [0.1, 0.15) is 139 Å². The van der Waals surface area contributed by atoms with Crippen molar-refractivity contribution >= 4 is 23.6 Å². The third-order valence-electron chi connectivity index (χ3n) is 11.4. The van der Waals surface area contributed by atoms with E-state index in [9.17, 15) is 24.3 Å². The van der Waals surface area contributed by atoms with Gasteiger partial charge in [-0.05, 0) is 95.1 Å². The maximum atomic E-state index is 13.6. The molecule has 0 radical (unpaired) electrons. The van der Waals surface area contributed by atoms with E-state index in [-0.39, 0.29) is 79.0 Å². The lowest BCUT2D eigenvalue weighted by atomic mass is 9.92. The summed E-state index contributed by atoms with van der Waals surface area (Å²) in [6.07, 6.45) is 11.4. The van der Waals surface area contributed by atoms with Crippen molar-refractivity contribution in [3.63, 3.8) is 0 Å². The quantitative estimate of drug-likeness (QED) is 0.137. The Morgan fingerprint density at radius 1 is 0.943 bits per heavy atom. The number of ketones is 1. The molecule has 2 amide bonds. The van der Waals surface area contributed by atoms with E-state index in [1.165, 1.54) is 6.92 Å². The SMILES string of the molecule is C/C=C/C(=O)CC1CCC2(O)CC(C)C(CCCNC(=O)C(C)C3CNC(=O)CC(O1)C(C)CCCCC(CCC(C)/C=C(\C)C(C)OC(C)=O)O3)O2. The Kier molecular flexibility index (Phi) is 18.7. The van der Waals surface area contributed by atoms with E-state index >= 15 is 0 Å². The van der Waals surface area contributed by atoms with E-state index in [1.807, 2.05) is 27.7 Å². The molecule has 302 valence electrons. The van der Waals surface area contributed by atoms with Gasteiger partial charge in [-0.25, -0.2) is 0 Å². The van der Waals surface area contributed by atoms with Crippen molar-refractivity contribution in [2.75, 3.05) is 13.1 Å². The second-order valence-electron chi connectivity index (χ2n) is 16.3. The molecule has 11 heteroatoms. The summed E-state index contributed by atoms with van der Waals surface area (Å²) in [6.45, 7) is 15.9. The number of hydrogen-bond acceptors (Lipinski definition) is 9. The van der Waals surface area contributed by atoms with Gasteiger partial charge in [0, 0.05) is 39.3 Å². The van der Waals surface area contributed by atoms with Crippen molar-refractivity contribution in [2.45, 2.75) is 181 Å². The monoisotopic (exact) mass is 747 g/mol. The van der Waals surface area contributed by atoms with Gasteiger partial charge in [0.1, 0.15) is 6.10 Å². The normalized spacial score (nSPS) is 34.5. The van der Waals surface area contributed by atoms with Crippen molar-refractivity contribution in [3.8, 4) is 0 Å². The molecule has 4 bridgehead atoms. The fourth-order valence-corrected chi connectivity index (χ4v) is 7.97. The Balaban J connectivity index is 1.88. The highest BCUT2D eigenvalue weighted by Gasteiger charge is 2.43. The zero-order valence-electron chi connectivity index (χ0n) is 33.8. The lowest BCUT2D eigenvalue weighted by Gasteiger charge is -2.31. The van der Waals surface area contributed by atoms with Gasteiger partial charge in [0.2, 0.25) is 11.8 Å². The Morgan fingerprint density at radius 3 is 2.38 bits per heavy atom. The lowest BCUT2D eigenvalue weighted by Crippen LogP contribution is -2.46. The second kappa shape index (κ2) is 22.1. The summed E-state index contributed by atoms with van der Waals surface area (Å²) in [5.74, 6) is -2.12. The zero-order valence-corrected chi connectivity index (χ0v) is 33.8. The highest BCUT2D eigenvalue weighted by Crippen LogP contribution is 2.39. The molecule has 3 saturated heterocycles. The van der Waals surface area contributed by atoms with Gasteiger partial charge in [0.25, 0.3) is 0 Å². The number of rotatable bonds is 9. The third-order valence-corrected chi connectivity index (χ3v) is 11.4. The van der Waals surface area contributed by atoms with E-state index in [2.05, 4.69) is 37.5 Å². The van der Waals surface area contributed by atoms with Crippen LogP contribution in [0.4, 0.5) is 0 Å². The molecule has 0 saturated carbocycles. The number of ether oxygens (including phenoxy) is 4. The molecular formula is C42H70N2O9. The number of hydrogen-bond donors (Lipinski definition) is 3. The molecule has 11 nitrogen and oxygen atoms in total. The molecule has 3 aliphatic heterocycles. The summed E-state index contributed by atoms with van der Waals surface area (Å²) in [4.78, 5) is 51.5. The molecule has 3 aliphatic rings. The molecule has 0 aromatic heterocycles. The van der Waals surface area contributed by atoms with Crippen LogP contribution >= 0.6 is 0 Å². The fraction of sp³-hybridized carbons (Fsp3) is 0.810. The molecule has 3 fully saturated rings. The molecule has 53 heavy (non-hydrogen) atoms. The second-order valence-corrected chi connectivity index (χ2v) is 16.3. The van der Waals surface area contributed by atoms with Gasteiger partial charge in [-0.3, -0.25) is 19.2 Å². The first-order valence-electron chi connectivity index (χ1n) is 20.4. The number of allylic oxidation sites excluding steroid dienone is 3. The molecule has 0 aromatic rings. The minimum absolute atomic E-state index is 0.0392. The van der Waals surface area contributed by atoms with Crippen LogP contribution in [0.25, 0.3) is 0 Å². The predicted octanol–water partition coefficient (Wildman–Crippen LogP) is 6.50. The number of nitrogens with one attached hydrogen (secondary N) is 2. The highest BCUT2D eigenvalue weighted by atomic mass is 16.6. The molecule has 11 unspecified atom stereocenters. The van der Waals surface area contributed by atoms with Crippen molar-refractivity contribution in [2.24, 2.45) is 23.7 Å². The van der Waals surface area contributed by atoms with Crippen LogP contribution < -0.4 is 10.6 Å². The summed E-state index contributed by atoms with van der Waals surface area (Å²) in [5, 5.41) is 17.6. The van der Waals surface area contributed by atoms with Crippen molar-refractivity contribution in [3.05, 3.63) is 23.8 Å².